The minimum Gasteiger partial charge on any atom is -0.349 e. The molecular formula is C24H28FN7O. The van der Waals surface area contributed by atoms with Crippen LogP contribution in [0.4, 0.5) is 10.2 Å². The lowest BCUT2D eigenvalue weighted by Crippen LogP contribution is -2.57. The molecule has 0 saturated carbocycles. The number of carbonyl (C=O) groups is 1. The summed E-state index contributed by atoms with van der Waals surface area (Å²) in [6.07, 6.45) is 8.89. The summed E-state index contributed by atoms with van der Waals surface area (Å²) in [6.45, 7) is 5.92. The van der Waals surface area contributed by atoms with Crippen molar-refractivity contribution >= 4 is 17.4 Å². The number of anilines is 1. The van der Waals surface area contributed by atoms with Crippen LogP contribution in [0.2, 0.25) is 0 Å². The molecule has 4 aliphatic heterocycles. The van der Waals surface area contributed by atoms with Crippen LogP contribution in [0.25, 0.3) is 5.65 Å². The van der Waals surface area contributed by atoms with Gasteiger partial charge in [0.25, 0.3) is 5.91 Å². The van der Waals surface area contributed by atoms with E-state index < -0.39 is 0 Å². The number of amides is 1. The lowest BCUT2D eigenvalue weighted by atomic mass is 9.84. The zero-order valence-electron chi connectivity index (χ0n) is 18.7. The van der Waals surface area contributed by atoms with Crippen molar-refractivity contribution in [2.45, 2.75) is 44.7 Å². The van der Waals surface area contributed by atoms with Crippen LogP contribution in [0.5, 0.6) is 0 Å². The van der Waals surface area contributed by atoms with Gasteiger partial charge in [0.2, 0.25) is 0 Å². The highest BCUT2D eigenvalue weighted by atomic mass is 19.1. The molecule has 3 aromatic rings. The normalized spacial score (nSPS) is 26.8. The van der Waals surface area contributed by atoms with E-state index in [1.54, 1.807) is 16.8 Å². The summed E-state index contributed by atoms with van der Waals surface area (Å²) in [4.78, 5) is 26.8. The second kappa shape index (κ2) is 8.06. The van der Waals surface area contributed by atoms with Crippen LogP contribution in [0.3, 0.4) is 0 Å². The van der Waals surface area contributed by atoms with E-state index in [2.05, 4.69) is 25.2 Å². The van der Waals surface area contributed by atoms with Crippen molar-refractivity contribution in [1.82, 2.24) is 29.8 Å². The molecule has 0 aromatic carbocycles. The first kappa shape index (κ1) is 20.5. The number of pyridine rings is 1. The number of nitrogens with one attached hydrogen (secondary N) is 1. The minimum absolute atomic E-state index is 0.00943. The van der Waals surface area contributed by atoms with E-state index in [-0.39, 0.29) is 23.8 Å². The van der Waals surface area contributed by atoms with Crippen LogP contribution >= 0.6 is 0 Å². The second-order valence-electron chi connectivity index (χ2n) is 9.51. The Morgan fingerprint density at radius 1 is 1.18 bits per heavy atom. The minimum atomic E-state index is -0.326. The molecule has 33 heavy (non-hydrogen) atoms. The molecule has 0 spiro atoms. The maximum atomic E-state index is 13.9. The van der Waals surface area contributed by atoms with Crippen LogP contribution in [0, 0.1) is 18.7 Å². The number of nitrogens with zero attached hydrogens (tertiary/aromatic N) is 6. The fourth-order valence-corrected chi connectivity index (χ4v) is 5.78. The predicted molar refractivity (Wildman–Crippen MR) is 122 cm³/mol. The standard InChI is InChI=1S/C24H28FN7O/c1-15-18(11-17(25)12-26-15)21-3-2-7-31(21)22-6-10-32-23(29-22)19(13-27-32)24(33)28-20-14-30-8-4-16(20)5-9-30/h6,10-13,16,20-21H,2-5,7-9,14H2,1H3,(H,28,33). The van der Waals surface area contributed by atoms with Gasteiger partial charge in [-0.3, -0.25) is 9.78 Å². The predicted octanol–water partition coefficient (Wildman–Crippen LogP) is 2.74. The van der Waals surface area contributed by atoms with E-state index in [0.717, 1.165) is 68.9 Å². The molecule has 4 aliphatic rings. The number of halogens is 1. The number of aromatic nitrogens is 4. The van der Waals surface area contributed by atoms with Crippen LogP contribution in [-0.4, -0.2) is 62.6 Å². The molecule has 8 nitrogen and oxygen atoms in total. The Kier molecular flexibility index (Phi) is 5.01. The van der Waals surface area contributed by atoms with Gasteiger partial charge in [0.15, 0.2) is 5.65 Å². The van der Waals surface area contributed by atoms with Gasteiger partial charge in [-0.05, 0) is 69.3 Å². The van der Waals surface area contributed by atoms with Gasteiger partial charge < -0.3 is 15.1 Å². The smallest absolute Gasteiger partial charge is 0.257 e. The molecule has 3 aromatic heterocycles. The van der Waals surface area contributed by atoms with Crippen molar-refractivity contribution in [3.8, 4) is 0 Å². The van der Waals surface area contributed by atoms with Gasteiger partial charge in [-0.25, -0.2) is 13.9 Å². The van der Waals surface area contributed by atoms with Crippen molar-refractivity contribution < 1.29 is 9.18 Å². The summed E-state index contributed by atoms with van der Waals surface area (Å²) in [5.74, 6) is 0.883. The third-order valence-electron chi connectivity index (χ3n) is 7.57. The fourth-order valence-electron chi connectivity index (χ4n) is 5.78. The summed E-state index contributed by atoms with van der Waals surface area (Å²) in [7, 11) is 0. The van der Waals surface area contributed by atoms with Gasteiger partial charge in [-0.15, -0.1) is 0 Å². The Morgan fingerprint density at radius 2 is 2.03 bits per heavy atom. The molecule has 2 atom stereocenters. The third-order valence-corrected chi connectivity index (χ3v) is 7.57. The van der Waals surface area contributed by atoms with Crippen molar-refractivity contribution in [1.29, 1.82) is 0 Å². The zero-order chi connectivity index (χ0) is 22.5. The number of carbonyl (C=O) groups excluding carboxylic acids is 1. The molecule has 0 aliphatic carbocycles. The highest BCUT2D eigenvalue weighted by molar-refractivity contribution is 6.00. The van der Waals surface area contributed by atoms with E-state index >= 15 is 0 Å². The second-order valence-corrected chi connectivity index (χ2v) is 9.51. The maximum Gasteiger partial charge on any atom is 0.257 e. The van der Waals surface area contributed by atoms with Gasteiger partial charge >= 0.3 is 0 Å². The molecule has 7 heterocycles. The molecule has 172 valence electrons. The highest BCUT2D eigenvalue weighted by Crippen LogP contribution is 2.36. The van der Waals surface area contributed by atoms with Crippen molar-refractivity contribution in [2.75, 3.05) is 31.1 Å². The molecular weight excluding hydrogens is 421 g/mol. The lowest BCUT2D eigenvalue weighted by molar-refractivity contribution is 0.0621. The Balaban J connectivity index is 1.28. The number of hydrogen-bond acceptors (Lipinski definition) is 6. The summed E-state index contributed by atoms with van der Waals surface area (Å²) in [6, 6.07) is 3.69. The van der Waals surface area contributed by atoms with Gasteiger partial charge in [0.05, 0.1) is 18.4 Å². The van der Waals surface area contributed by atoms with E-state index in [4.69, 9.17) is 4.98 Å². The number of aryl methyl sites for hydroxylation is 1. The molecule has 2 bridgehead atoms. The van der Waals surface area contributed by atoms with Gasteiger partial charge in [-0.1, -0.05) is 0 Å². The SMILES string of the molecule is Cc1ncc(F)cc1C1CCCN1c1ccn2ncc(C(=O)NC3CN4CCC3CC4)c2n1. The van der Waals surface area contributed by atoms with Crippen molar-refractivity contribution in [2.24, 2.45) is 5.92 Å². The van der Waals surface area contributed by atoms with Gasteiger partial charge in [0.1, 0.15) is 17.2 Å². The number of fused-ring (bicyclic) bond motifs is 4. The fraction of sp³-hybridized carbons (Fsp3) is 0.500. The molecule has 1 amide bonds. The molecule has 1 N–H and O–H groups in total. The van der Waals surface area contributed by atoms with E-state index in [9.17, 15) is 9.18 Å². The Labute approximate surface area is 191 Å². The third kappa shape index (κ3) is 3.64. The number of hydrogen-bond donors (Lipinski definition) is 1. The summed E-state index contributed by atoms with van der Waals surface area (Å²) >= 11 is 0. The highest BCUT2D eigenvalue weighted by Gasteiger charge is 2.35. The van der Waals surface area contributed by atoms with Crippen LogP contribution in [0.15, 0.2) is 30.7 Å². The van der Waals surface area contributed by atoms with E-state index in [0.29, 0.717) is 17.1 Å². The average Bonchev–Trinajstić information content (AvgIpc) is 3.48. The zero-order valence-corrected chi connectivity index (χ0v) is 18.7. The van der Waals surface area contributed by atoms with E-state index in [1.165, 1.54) is 6.20 Å². The van der Waals surface area contributed by atoms with Gasteiger partial charge in [-0.2, -0.15) is 5.10 Å². The molecule has 4 saturated heterocycles. The molecule has 4 fully saturated rings. The summed E-state index contributed by atoms with van der Waals surface area (Å²) < 4.78 is 15.6. The van der Waals surface area contributed by atoms with Crippen molar-refractivity contribution in [3.63, 3.8) is 0 Å². The average molecular weight is 450 g/mol. The summed E-state index contributed by atoms with van der Waals surface area (Å²) in [5, 5.41) is 7.60. The number of rotatable bonds is 4. The largest absolute Gasteiger partial charge is 0.349 e. The van der Waals surface area contributed by atoms with Crippen LogP contribution < -0.4 is 10.2 Å². The quantitative estimate of drug-likeness (QED) is 0.660. The first-order valence-corrected chi connectivity index (χ1v) is 11.8. The van der Waals surface area contributed by atoms with Crippen LogP contribution in [0.1, 0.15) is 53.3 Å². The first-order chi connectivity index (χ1) is 16.1. The van der Waals surface area contributed by atoms with E-state index in [1.807, 2.05) is 19.2 Å². The van der Waals surface area contributed by atoms with Gasteiger partial charge in [0, 0.05) is 31.0 Å². The first-order valence-electron chi connectivity index (χ1n) is 11.8. The Bertz CT molecular complexity index is 1200. The molecule has 9 heteroatoms. The molecule has 2 unspecified atom stereocenters. The molecule has 7 rings (SSSR count). The van der Waals surface area contributed by atoms with Crippen LogP contribution in [-0.2, 0) is 0 Å². The Morgan fingerprint density at radius 3 is 2.82 bits per heavy atom. The topological polar surface area (TPSA) is 78.7 Å². The maximum absolute atomic E-state index is 13.9. The lowest BCUT2D eigenvalue weighted by Gasteiger charge is -2.44. The monoisotopic (exact) mass is 449 g/mol. The Hall–Kier alpha value is -3.07. The number of piperidine rings is 3. The molecule has 0 radical (unpaired) electrons. The summed E-state index contributed by atoms with van der Waals surface area (Å²) in [5.41, 5.74) is 2.76. The van der Waals surface area contributed by atoms with Crippen molar-refractivity contribution in [3.05, 3.63) is 53.4 Å².